The number of benzene rings is 1. The molecule has 0 amide bonds. The van der Waals surface area contributed by atoms with Gasteiger partial charge in [-0.1, -0.05) is 34.8 Å². The fourth-order valence-electron chi connectivity index (χ4n) is 1.86. The number of sulfone groups is 1. The zero-order valence-electron chi connectivity index (χ0n) is 12.8. The molecule has 25 heavy (non-hydrogen) atoms. The minimum atomic E-state index is -3.70. The second kappa shape index (κ2) is 8.18. The fourth-order valence-corrected chi connectivity index (χ4v) is 3.90. The van der Waals surface area contributed by atoms with Crippen LogP contribution in [0.5, 0.6) is 0 Å². The summed E-state index contributed by atoms with van der Waals surface area (Å²) in [5.41, 5.74) is 0.0731. The Morgan fingerprint density at radius 1 is 1.16 bits per heavy atom. The molecule has 1 aromatic heterocycles. The Morgan fingerprint density at radius 3 is 2.48 bits per heavy atom. The third kappa shape index (κ3) is 4.94. The van der Waals surface area contributed by atoms with Crippen molar-refractivity contribution in [3.05, 3.63) is 50.9 Å². The summed E-state index contributed by atoms with van der Waals surface area (Å²) < 4.78 is 29.3. The maximum absolute atomic E-state index is 12.4. The van der Waals surface area contributed by atoms with Gasteiger partial charge in [0.2, 0.25) is 0 Å². The van der Waals surface area contributed by atoms with Gasteiger partial charge in [-0.25, -0.2) is 23.2 Å². The molecule has 0 aliphatic heterocycles. The lowest BCUT2D eigenvalue weighted by Crippen LogP contribution is -2.20. The first-order valence-electron chi connectivity index (χ1n) is 6.71. The molecule has 1 N–H and O–H groups in total. The van der Waals surface area contributed by atoms with Crippen molar-refractivity contribution in [1.82, 2.24) is 9.97 Å². The normalized spacial score (nSPS) is 11.2. The van der Waals surface area contributed by atoms with Crippen LogP contribution < -0.4 is 5.32 Å². The number of nitrogens with one attached hydrogen (secondary N) is 1. The van der Waals surface area contributed by atoms with E-state index in [-0.39, 0.29) is 32.1 Å². The molecule has 0 saturated heterocycles. The molecule has 0 spiro atoms. The lowest BCUT2D eigenvalue weighted by Gasteiger charge is -2.11. The number of nitrogens with zero attached hydrogens (tertiary/aromatic N) is 2. The highest BCUT2D eigenvalue weighted by atomic mass is 35.5. The van der Waals surface area contributed by atoms with Crippen LogP contribution in [-0.2, 0) is 20.3 Å². The standard InChI is InChI=1S/C14H12Cl3N3O4S/c1-24-14(21)12-13(19-5-4-18-12)20-7-25(22,23)6-8-9(15)2-3-10(16)11(8)17/h2-5H,6-7H2,1H3,(H,19,20). The van der Waals surface area contributed by atoms with Gasteiger partial charge < -0.3 is 10.1 Å². The smallest absolute Gasteiger partial charge is 0.360 e. The number of methoxy groups -OCH3 is 1. The Hall–Kier alpha value is -1.61. The Kier molecular flexibility index (Phi) is 6.45. The number of rotatable bonds is 6. The molecule has 11 heteroatoms. The Balaban J connectivity index is 2.19. The molecule has 1 heterocycles. The highest BCUT2D eigenvalue weighted by Crippen LogP contribution is 2.32. The number of carbonyl (C=O) groups is 1. The van der Waals surface area contributed by atoms with Gasteiger partial charge in [0.1, 0.15) is 5.88 Å². The van der Waals surface area contributed by atoms with E-state index >= 15 is 0 Å². The molecular weight excluding hydrogens is 413 g/mol. The van der Waals surface area contributed by atoms with Crippen molar-refractivity contribution in [3.8, 4) is 0 Å². The Labute approximate surface area is 159 Å². The highest BCUT2D eigenvalue weighted by molar-refractivity contribution is 7.90. The second-order valence-electron chi connectivity index (χ2n) is 4.78. The summed E-state index contributed by atoms with van der Waals surface area (Å²) in [6, 6.07) is 2.94. The molecule has 0 radical (unpaired) electrons. The predicted molar refractivity (Wildman–Crippen MR) is 96.0 cm³/mol. The van der Waals surface area contributed by atoms with Gasteiger partial charge in [-0.05, 0) is 12.1 Å². The average molecular weight is 425 g/mol. The number of ether oxygens (including phenoxy) is 1. The molecule has 2 rings (SSSR count). The number of hydrogen-bond donors (Lipinski definition) is 1. The molecule has 2 aromatic rings. The molecule has 0 fully saturated rings. The number of anilines is 1. The van der Waals surface area contributed by atoms with Crippen LogP contribution in [0.3, 0.4) is 0 Å². The molecule has 0 saturated carbocycles. The highest BCUT2D eigenvalue weighted by Gasteiger charge is 2.21. The van der Waals surface area contributed by atoms with E-state index in [4.69, 9.17) is 34.8 Å². The number of hydrogen-bond acceptors (Lipinski definition) is 7. The van der Waals surface area contributed by atoms with Crippen molar-refractivity contribution in [2.45, 2.75) is 5.75 Å². The van der Waals surface area contributed by atoms with E-state index in [1.165, 1.54) is 31.6 Å². The molecule has 0 atom stereocenters. The minimum absolute atomic E-state index is 0.0128. The lowest BCUT2D eigenvalue weighted by atomic mass is 10.2. The van der Waals surface area contributed by atoms with E-state index in [0.717, 1.165) is 0 Å². The SMILES string of the molecule is COC(=O)c1nccnc1NCS(=O)(=O)Cc1c(Cl)ccc(Cl)c1Cl. The molecule has 7 nitrogen and oxygen atoms in total. The number of carbonyl (C=O) groups excluding carboxylic acids is 1. The maximum Gasteiger partial charge on any atom is 0.360 e. The van der Waals surface area contributed by atoms with Gasteiger partial charge in [0.25, 0.3) is 0 Å². The van der Waals surface area contributed by atoms with Crippen LogP contribution in [0.15, 0.2) is 24.5 Å². The van der Waals surface area contributed by atoms with Gasteiger partial charge in [0, 0.05) is 23.0 Å². The van der Waals surface area contributed by atoms with E-state index in [1.807, 2.05) is 0 Å². The van der Waals surface area contributed by atoms with Gasteiger partial charge in [-0.3, -0.25) is 0 Å². The van der Waals surface area contributed by atoms with Crippen molar-refractivity contribution in [2.75, 3.05) is 18.3 Å². The zero-order chi connectivity index (χ0) is 18.6. The van der Waals surface area contributed by atoms with Gasteiger partial charge in [-0.2, -0.15) is 0 Å². The van der Waals surface area contributed by atoms with E-state index in [9.17, 15) is 13.2 Å². The largest absolute Gasteiger partial charge is 0.464 e. The second-order valence-corrected chi connectivity index (χ2v) is 8.03. The Morgan fingerprint density at radius 2 is 1.80 bits per heavy atom. The van der Waals surface area contributed by atoms with Crippen molar-refractivity contribution in [1.29, 1.82) is 0 Å². The van der Waals surface area contributed by atoms with Crippen LogP contribution in [-0.4, -0.2) is 37.3 Å². The van der Waals surface area contributed by atoms with Crippen LogP contribution in [0.1, 0.15) is 16.1 Å². The third-order valence-electron chi connectivity index (χ3n) is 3.04. The summed E-state index contributed by atoms with van der Waals surface area (Å²) >= 11 is 17.9. The lowest BCUT2D eigenvalue weighted by molar-refractivity contribution is 0.0594. The van der Waals surface area contributed by atoms with Crippen molar-refractivity contribution in [2.24, 2.45) is 0 Å². The first-order chi connectivity index (χ1) is 11.7. The predicted octanol–water partition coefficient (Wildman–Crippen LogP) is 3.21. The van der Waals surface area contributed by atoms with Gasteiger partial charge >= 0.3 is 5.97 Å². The monoisotopic (exact) mass is 423 g/mol. The average Bonchev–Trinajstić information content (AvgIpc) is 2.60. The van der Waals surface area contributed by atoms with Crippen molar-refractivity contribution in [3.63, 3.8) is 0 Å². The van der Waals surface area contributed by atoms with Crippen LogP contribution in [0.25, 0.3) is 0 Å². The minimum Gasteiger partial charge on any atom is -0.464 e. The van der Waals surface area contributed by atoms with Gasteiger partial charge in [0.15, 0.2) is 21.3 Å². The molecule has 0 bridgehead atoms. The fraction of sp³-hybridized carbons (Fsp3) is 0.214. The van der Waals surface area contributed by atoms with Crippen LogP contribution in [0.2, 0.25) is 15.1 Å². The summed E-state index contributed by atoms with van der Waals surface area (Å²) in [5.74, 6) is -1.71. The topological polar surface area (TPSA) is 98.2 Å². The summed E-state index contributed by atoms with van der Waals surface area (Å²) in [7, 11) is -2.52. The van der Waals surface area contributed by atoms with Gasteiger partial charge in [0.05, 0.1) is 22.9 Å². The molecular formula is C14H12Cl3N3O4S. The van der Waals surface area contributed by atoms with E-state index in [1.54, 1.807) is 0 Å². The quantitative estimate of drug-likeness (QED) is 0.561. The molecule has 0 aliphatic rings. The number of halogens is 3. The van der Waals surface area contributed by atoms with Crippen LogP contribution >= 0.6 is 34.8 Å². The first kappa shape index (κ1) is 19.7. The molecule has 0 aliphatic carbocycles. The van der Waals surface area contributed by atoms with E-state index < -0.39 is 27.4 Å². The summed E-state index contributed by atoms with van der Waals surface area (Å²) in [6.45, 7) is 0. The van der Waals surface area contributed by atoms with E-state index in [2.05, 4.69) is 20.0 Å². The Bertz CT molecular complexity index is 906. The van der Waals surface area contributed by atoms with Crippen molar-refractivity contribution >= 4 is 56.4 Å². The first-order valence-corrected chi connectivity index (χ1v) is 9.66. The molecule has 134 valence electrons. The number of esters is 1. The molecule has 1 aromatic carbocycles. The van der Waals surface area contributed by atoms with E-state index in [0.29, 0.717) is 0 Å². The summed E-state index contributed by atoms with van der Waals surface area (Å²) in [5, 5.41) is 3.03. The summed E-state index contributed by atoms with van der Waals surface area (Å²) in [4.78, 5) is 19.3. The van der Waals surface area contributed by atoms with Crippen LogP contribution in [0.4, 0.5) is 5.82 Å². The number of aromatic nitrogens is 2. The molecule has 0 unspecified atom stereocenters. The summed E-state index contributed by atoms with van der Waals surface area (Å²) in [6.07, 6.45) is 2.60. The third-order valence-corrected chi connectivity index (χ3v) is 5.55. The zero-order valence-corrected chi connectivity index (χ0v) is 15.9. The van der Waals surface area contributed by atoms with Gasteiger partial charge in [-0.15, -0.1) is 0 Å². The maximum atomic E-state index is 12.4. The van der Waals surface area contributed by atoms with Crippen molar-refractivity contribution < 1.29 is 17.9 Å². The van der Waals surface area contributed by atoms with Crippen LogP contribution in [0, 0.1) is 0 Å².